The highest BCUT2D eigenvalue weighted by Crippen LogP contribution is 2.30. The zero-order valence-corrected chi connectivity index (χ0v) is 13.5. The predicted molar refractivity (Wildman–Crippen MR) is 92.3 cm³/mol. The van der Waals surface area contributed by atoms with Gasteiger partial charge in [0.15, 0.2) is 0 Å². The standard InChI is InChI=1S/C17H18N2O2S/c1-3-4-5-16(20)21-12-6-7-13-14-8-9-22-19-11(2)17(14)18-15(13)10-12/h6-10,18H,3-5H2,1-2H3. The van der Waals surface area contributed by atoms with Gasteiger partial charge in [0.05, 0.1) is 16.9 Å². The molecule has 1 N–H and O–H groups in total. The summed E-state index contributed by atoms with van der Waals surface area (Å²) in [5.41, 5.74) is 4.07. The van der Waals surface area contributed by atoms with Crippen LogP contribution >= 0.6 is 11.9 Å². The second kappa shape index (κ2) is 6.40. The third-order valence-corrected chi connectivity index (χ3v) is 4.26. The van der Waals surface area contributed by atoms with Crippen LogP contribution in [0.25, 0.3) is 17.0 Å². The predicted octanol–water partition coefficient (Wildman–Crippen LogP) is 4.71. The minimum absolute atomic E-state index is 0.177. The first kappa shape index (κ1) is 14.9. The van der Waals surface area contributed by atoms with Crippen molar-refractivity contribution in [3.05, 3.63) is 34.9 Å². The van der Waals surface area contributed by atoms with Gasteiger partial charge in [0.1, 0.15) is 5.75 Å². The fourth-order valence-corrected chi connectivity index (χ4v) is 2.98. The Kier molecular flexibility index (Phi) is 4.34. The summed E-state index contributed by atoms with van der Waals surface area (Å²) in [7, 11) is 0. The van der Waals surface area contributed by atoms with Crippen LogP contribution in [0.15, 0.2) is 28.0 Å². The van der Waals surface area contributed by atoms with Gasteiger partial charge in [0.2, 0.25) is 0 Å². The van der Waals surface area contributed by atoms with Crippen LogP contribution in [-0.2, 0) is 4.79 Å². The number of H-pyrrole nitrogens is 1. The third kappa shape index (κ3) is 2.95. The lowest BCUT2D eigenvalue weighted by Gasteiger charge is -2.04. The van der Waals surface area contributed by atoms with E-state index in [0.29, 0.717) is 12.2 Å². The van der Waals surface area contributed by atoms with E-state index in [9.17, 15) is 4.79 Å². The molecule has 1 aromatic heterocycles. The summed E-state index contributed by atoms with van der Waals surface area (Å²) in [5, 5.41) is 3.08. The number of carbonyl (C=O) groups is 1. The SMILES string of the molecule is CCCCC(=O)Oc1ccc2c3c([nH]c2c1)C(C)=NSC=C3. The van der Waals surface area contributed by atoms with Crippen molar-refractivity contribution in [1.29, 1.82) is 0 Å². The summed E-state index contributed by atoms with van der Waals surface area (Å²) in [6.45, 7) is 4.04. The van der Waals surface area contributed by atoms with E-state index in [2.05, 4.69) is 22.4 Å². The summed E-state index contributed by atoms with van der Waals surface area (Å²) in [4.78, 5) is 15.1. The molecule has 114 valence electrons. The van der Waals surface area contributed by atoms with E-state index in [1.165, 1.54) is 11.9 Å². The number of benzene rings is 1. The van der Waals surface area contributed by atoms with Crippen molar-refractivity contribution in [3.8, 4) is 5.75 Å². The normalized spacial score (nSPS) is 13.6. The Balaban J connectivity index is 1.92. The number of ether oxygens (including phenoxy) is 1. The van der Waals surface area contributed by atoms with Gasteiger partial charge in [-0.2, -0.15) is 0 Å². The Hall–Kier alpha value is -2.01. The Labute approximate surface area is 133 Å². The summed E-state index contributed by atoms with van der Waals surface area (Å²) in [6, 6.07) is 5.71. The highest BCUT2D eigenvalue weighted by Gasteiger charge is 2.14. The van der Waals surface area contributed by atoms with Crippen LogP contribution in [0.4, 0.5) is 0 Å². The first-order valence-electron chi connectivity index (χ1n) is 7.42. The molecule has 0 atom stereocenters. The molecule has 1 aromatic carbocycles. The first-order valence-corrected chi connectivity index (χ1v) is 8.26. The number of hydrogen-bond donors (Lipinski definition) is 1. The lowest BCUT2D eigenvalue weighted by molar-refractivity contribution is -0.134. The maximum absolute atomic E-state index is 11.7. The maximum Gasteiger partial charge on any atom is 0.311 e. The number of nitrogens with zero attached hydrogens (tertiary/aromatic N) is 1. The number of carbonyl (C=O) groups excluding carboxylic acids is 1. The zero-order valence-electron chi connectivity index (χ0n) is 12.7. The van der Waals surface area contributed by atoms with E-state index in [4.69, 9.17) is 4.74 Å². The summed E-state index contributed by atoms with van der Waals surface area (Å²) >= 11 is 1.43. The van der Waals surface area contributed by atoms with E-state index in [1.807, 2.05) is 30.5 Å². The Morgan fingerprint density at radius 1 is 1.41 bits per heavy atom. The number of nitrogens with one attached hydrogen (secondary N) is 1. The van der Waals surface area contributed by atoms with E-state index >= 15 is 0 Å². The lowest BCUT2D eigenvalue weighted by Crippen LogP contribution is -2.07. The average Bonchev–Trinajstić information content (AvgIpc) is 2.77. The van der Waals surface area contributed by atoms with Crippen molar-refractivity contribution in [2.24, 2.45) is 4.40 Å². The minimum Gasteiger partial charge on any atom is -0.426 e. The summed E-state index contributed by atoms with van der Waals surface area (Å²) in [6.07, 6.45) is 4.36. The van der Waals surface area contributed by atoms with Crippen molar-refractivity contribution in [3.63, 3.8) is 0 Å². The molecule has 3 rings (SSSR count). The monoisotopic (exact) mass is 314 g/mol. The zero-order chi connectivity index (χ0) is 15.5. The van der Waals surface area contributed by atoms with Gasteiger partial charge in [0, 0.05) is 35.4 Å². The Bertz CT molecular complexity index is 774. The molecular formula is C17H18N2O2S. The fraction of sp³-hybridized carbons (Fsp3) is 0.294. The highest BCUT2D eigenvalue weighted by molar-refractivity contribution is 8.01. The molecule has 0 saturated heterocycles. The molecule has 1 aliphatic rings. The van der Waals surface area contributed by atoms with Crippen molar-refractivity contribution in [2.45, 2.75) is 33.1 Å². The molecule has 0 amide bonds. The topological polar surface area (TPSA) is 54.5 Å². The number of unbranched alkanes of at least 4 members (excludes halogenated alkanes) is 1. The van der Waals surface area contributed by atoms with Gasteiger partial charge in [-0.05, 0) is 37.0 Å². The van der Waals surface area contributed by atoms with E-state index in [1.54, 1.807) is 0 Å². The van der Waals surface area contributed by atoms with Gasteiger partial charge in [-0.15, -0.1) is 0 Å². The van der Waals surface area contributed by atoms with Crippen molar-refractivity contribution >= 4 is 40.6 Å². The van der Waals surface area contributed by atoms with E-state index < -0.39 is 0 Å². The van der Waals surface area contributed by atoms with Gasteiger partial charge in [0.25, 0.3) is 0 Å². The molecule has 0 aliphatic carbocycles. The molecule has 0 fully saturated rings. The second-order valence-electron chi connectivity index (χ2n) is 5.28. The fourth-order valence-electron chi connectivity index (χ4n) is 2.48. The molecule has 2 heterocycles. The third-order valence-electron chi connectivity index (χ3n) is 3.62. The van der Waals surface area contributed by atoms with Gasteiger partial charge in [-0.25, -0.2) is 4.40 Å². The van der Waals surface area contributed by atoms with Crippen LogP contribution in [0.5, 0.6) is 5.75 Å². The molecule has 0 bridgehead atoms. The molecule has 1 aliphatic heterocycles. The van der Waals surface area contributed by atoms with E-state index in [-0.39, 0.29) is 5.97 Å². The smallest absolute Gasteiger partial charge is 0.311 e. The lowest BCUT2D eigenvalue weighted by atomic mass is 10.1. The molecule has 4 nitrogen and oxygen atoms in total. The first-order chi connectivity index (χ1) is 10.7. The van der Waals surface area contributed by atoms with Crippen LogP contribution in [-0.4, -0.2) is 16.7 Å². The Morgan fingerprint density at radius 3 is 3.09 bits per heavy atom. The maximum atomic E-state index is 11.7. The van der Waals surface area contributed by atoms with Crippen molar-refractivity contribution in [1.82, 2.24) is 4.98 Å². The molecule has 5 heteroatoms. The van der Waals surface area contributed by atoms with Gasteiger partial charge >= 0.3 is 5.97 Å². The molecule has 0 unspecified atom stereocenters. The van der Waals surface area contributed by atoms with Crippen LogP contribution in [0, 0.1) is 0 Å². The largest absolute Gasteiger partial charge is 0.426 e. The van der Waals surface area contributed by atoms with E-state index in [0.717, 1.165) is 40.7 Å². The number of rotatable bonds is 4. The number of fused-ring (bicyclic) bond motifs is 3. The van der Waals surface area contributed by atoms with Gasteiger partial charge in [-0.1, -0.05) is 13.3 Å². The summed E-state index contributed by atoms with van der Waals surface area (Å²) in [5.74, 6) is 0.404. The summed E-state index contributed by atoms with van der Waals surface area (Å²) < 4.78 is 9.79. The molecule has 22 heavy (non-hydrogen) atoms. The Morgan fingerprint density at radius 2 is 2.27 bits per heavy atom. The van der Waals surface area contributed by atoms with Crippen LogP contribution < -0.4 is 4.74 Å². The van der Waals surface area contributed by atoms with Gasteiger partial charge < -0.3 is 9.72 Å². The average molecular weight is 314 g/mol. The number of aromatic nitrogens is 1. The van der Waals surface area contributed by atoms with Crippen LogP contribution in [0.2, 0.25) is 0 Å². The number of esters is 1. The number of aromatic amines is 1. The highest BCUT2D eigenvalue weighted by atomic mass is 32.2. The van der Waals surface area contributed by atoms with Crippen LogP contribution in [0.1, 0.15) is 44.4 Å². The quantitative estimate of drug-likeness (QED) is 0.505. The van der Waals surface area contributed by atoms with Gasteiger partial charge in [-0.3, -0.25) is 4.79 Å². The van der Waals surface area contributed by atoms with Crippen LogP contribution in [0.3, 0.4) is 0 Å². The molecule has 2 aromatic rings. The van der Waals surface area contributed by atoms with Crippen molar-refractivity contribution in [2.75, 3.05) is 0 Å². The molecule has 0 spiro atoms. The minimum atomic E-state index is -0.177. The van der Waals surface area contributed by atoms with Crippen molar-refractivity contribution < 1.29 is 9.53 Å². The second-order valence-corrected chi connectivity index (χ2v) is 5.95. The molecular weight excluding hydrogens is 296 g/mol. The number of hydrogen-bond acceptors (Lipinski definition) is 4. The molecule has 0 saturated carbocycles. The molecule has 0 radical (unpaired) electrons.